The van der Waals surface area contributed by atoms with Gasteiger partial charge in [0.2, 0.25) is 0 Å². The highest BCUT2D eigenvalue weighted by Crippen LogP contribution is 2.37. The summed E-state index contributed by atoms with van der Waals surface area (Å²) in [6.45, 7) is 1.39. The van der Waals surface area contributed by atoms with E-state index in [1.165, 1.54) is 18.9 Å². The van der Waals surface area contributed by atoms with Crippen molar-refractivity contribution in [3.8, 4) is 11.5 Å². The van der Waals surface area contributed by atoms with Crippen LogP contribution >= 0.6 is 22.9 Å². The van der Waals surface area contributed by atoms with Crippen molar-refractivity contribution in [1.82, 2.24) is 9.88 Å². The van der Waals surface area contributed by atoms with Gasteiger partial charge in [0.1, 0.15) is 0 Å². The number of carbonyl (C=O) groups excluding carboxylic acids is 1. The van der Waals surface area contributed by atoms with E-state index in [0.717, 1.165) is 29.9 Å². The maximum Gasteiger partial charge on any atom is 0.254 e. The summed E-state index contributed by atoms with van der Waals surface area (Å²) in [5, 5.41) is 1.47. The molecule has 1 aromatic heterocycles. The topological polar surface area (TPSA) is 51.7 Å². The van der Waals surface area contributed by atoms with E-state index in [2.05, 4.69) is 6.07 Å². The van der Waals surface area contributed by atoms with Crippen molar-refractivity contribution in [3.05, 3.63) is 52.0 Å². The van der Waals surface area contributed by atoms with Crippen LogP contribution in [0.5, 0.6) is 11.5 Å². The van der Waals surface area contributed by atoms with E-state index in [4.69, 9.17) is 26.1 Å². The fourth-order valence-corrected chi connectivity index (χ4v) is 5.03. The smallest absolute Gasteiger partial charge is 0.254 e. The molecular weight excluding hydrogens is 396 g/mol. The molecule has 2 aromatic carbocycles. The van der Waals surface area contributed by atoms with Crippen molar-refractivity contribution in [2.75, 3.05) is 27.3 Å². The Bertz CT molecular complexity index is 987. The summed E-state index contributed by atoms with van der Waals surface area (Å²) in [6, 6.07) is 11.5. The maximum atomic E-state index is 13.1. The predicted molar refractivity (Wildman–Crippen MR) is 112 cm³/mol. The second kappa shape index (κ2) is 7.97. The van der Waals surface area contributed by atoms with Gasteiger partial charge in [-0.1, -0.05) is 23.7 Å². The van der Waals surface area contributed by atoms with Crippen LogP contribution in [-0.2, 0) is 0 Å². The number of rotatable bonds is 4. The molecule has 1 aliphatic rings. The van der Waals surface area contributed by atoms with E-state index in [9.17, 15) is 4.79 Å². The number of benzene rings is 2. The lowest BCUT2D eigenvalue weighted by molar-refractivity contribution is 0.0706. The standard InChI is InChI=1S/C21H21ClN2O3S/c1-26-17-11-14(10-15(22)19(17)27-2)21(25)24-9-5-6-13(12-24)20-23-16-7-3-4-8-18(16)28-20/h3-4,7-8,10-11,13H,5-6,9,12H2,1-2H3/t13-/m0/s1. The Morgan fingerprint density at radius 1 is 1.25 bits per heavy atom. The van der Waals surface area contributed by atoms with Crippen molar-refractivity contribution >= 4 is 39.1 Å². The highest BCUT2D eigenvalue weighted by molar-refractivity contribution is 7.18. The third-order valence-electron chi connectivity index (χ3n) is 5.05. The van der Waals surface area contributed by atoms with Crippen LogP contribution in [0.15, 0.2) is 36.4 Å². The van der Waals surface area contributed by atoms with Crippen LogP contribution in [0.25, 0.3) is 10.2 Å². The van der Waals surface area contributed by atoms with Gasteiger partial charge in [0.15, 0.2) is 11.5 Å². The van der Waals surface area contributed by atoms with E-state index in [1.807, 2.05) is 23.1 Å². The van der Waals surface area contributed by atoms with Gasteiger partial charge in [0, 0.05) is 24.6 Å². The molecule has 0 saturated carbocycles. The number of fused-ring (bicyclic) bond motifs is 1. The number of nitrogens with zero attached hydrogens (tertiary/aromatic N) is 2. The van der Waals surface area contributed by atoms with E-state index in [1.54, 1.807) is 23.5 Å². The lowest BCUT2D eigenvalue weighted by Gasteiger charge is -2.32. The second-order valence-electron chi connectivity index (χ2n) is 6.80. The van der Waals surface area contributed by atoms with E-state index >= 15 is 0 Å². The summed E-state index contributed by atoms with van der Waals surface area (Å²) < 4.78 is 11.8. The molecular formula is C21H21ClN2O3S. The number of methoxy groups -OCH3 is 2. The normalized spacial score (nSPS) is 17.0. The number of carbonyl (C=O) groups is 1. The van der Waals surface area contributed by atoms with Gasteiger partial charge in [0.25, 0.3) is 5.91 Å². The first-order chi connectivity index (χ1) is 13.6. The molecule has 28 heavy (non-hydrogen) atoms. The van der Waals surface area contributed by atoms with Gasteiger partial charge >= 0.3 is 0 Å². The van der Waals surface area contributed by atoms with E-state index in [-0.39, 0.29) is 11.8 Å². The maximum absolute atomic E-state index is 13.1. The summed E-state index contributed by atoms with van der Waals surface area (Å²) in [6.07, 6.45) is 1.99. The fourth-order valence-electron chi connectivity index (χ4n) is 3.65. The molecule has 0 N–H and O–H groups in total. The molecule has 1 fully saturated rings. The SMILES string of the molecule is COc1cc(C(=O)N2CCC[C@H](c3nc4ccccc4s3)C2)cc(Cl)c1OC. The Morgan fingerprint density at radius 2 is 2.07 bits per heavy atom. The van der Waals surface area contributed by atoms with Crippen molar-refractivity contribution < 1.29 is 14.3 Å². The molecule has 0 bridgehead atoms. The molecule has 1 saturated heterocycles. The first-order valence-corrected chi connectivity index (χ1v) is 10.4. The zero-order valence-corrected chi connectivity index (χ0v) is 17.3. The Morgan fingerprint density at radius 3 is 2.82 bits per heavy atom. The lowest BCUT2D eigenvalue weighted by atomic mass is 9.98. The number of piperidine rings is 1. The van der Waals surface area contributed by atoms with Gasteiger partial charge in [-0.25, -0.2) is 4.98 Å². The number of para-hydroxylation sites is 1. The molecule has 0 aliphatic carbocycles. The van der Waals surface area contributed by atoms with Crippen LogP contribution < -0.4 is 9.47 Å². The van der Waals surface area contributed by atoms with E-state index in [0.29, 0.717) is 28.6 Å². The second-order valence-corrected chi connectivity index (χ2v) is 8.27. The zero-order chi connectivity index (χ0) is 19.7. The Kier molecular flexibility index (Phi) is 5.42. The quantitative estimate of drug-likeness (QED) is 0.601. The van der Waals surface area contributed by atoms with Gasteiger partial charge in [-0.2, -0.15) is 0 Å². The van der Waals surface area contributed by atoms with Crippen molar-refractivity contribution in [3.63, 3.8) is 0 Å². The summed E-state index contributed by atoms with van der Waals surface area (Å²) in [4.78, 5) is 19.8. The number of amides is 1. The number of halogens is 1. The minimum Gasteiger partial charge on any atom is -0.493 e. The number of likely N-dealkylation sites (tertiary alicyclic amines) is 1. The van der Waals surface area contributed by atoms with E-state index < -0.39 is 0 Å². The molecule has 1 aliphatic heterocycles. The number of ether oxygens (including phenoxy) is 2. The minimum absolute atomic E-state index is 0.0475. The highest BCUT2D eigenvalue weighted by Gasteiger charge is 2.28. The van der Waals surface area contributed by atoms with Gasteiger partial charge < -0.3 is 14.4 Å². The molecule has 1 atom stereocenters. The van der Waals surface area contributed by atoms with Crippen LogP contribution in [0.3, 0.4) is 0 Å². The largest absolute Gasteiger partial charge is 0.493 e. The molecule has 0 radical (unpaired) electrons. The number of thiazole rings is 1. The summed E-state index contributed by atoms with van der Waals surface area (Å²) in [5.41, 5.74) is 1.53. The van der Waals surface area contributed by atoms with Crippen LogP contribution in [0, 0.1) is 0 Å². The van der Waals surface area contributed by atoms with Gasteiger partial charge in [-0.05, 0) is 37.1 Å². The van der Waals surface area contributed by atoms with Crippen LogP contribution in [0.4, 0.5) is 0 Å². The van der Waals surface area contributed by atoms with Crippen LogP contribution in [-0.4, -0.2) is 43.1 Å². The van der Waals surface area contributed by atoms with Gasteiger partial charge in [0.05, 0.1) is 34.5 Å². The van der Waals surface area contributed by atoms with Gasteiger partial charge in [-0.15, -0.1) is 11.3 Å². The number of hydrogen-bond donors (Lipinski definition) is 0. The molecule has 2 heterocycles. The molecule has 0 unspecified atom stereocenters. The van der Waals surface area contributed by atoms with Crippen molar-refractivity contribution in [2.45, 2.75) is 18.8 Å². The number of aromatic nitrogens is 1. The highest BCUT2D eigenvalue weighted by atomic mass is 35.5. The predicted octanol–water partition coefficient (Wildman–Crippen LogP) is 4.99. The number of hydrogen-bond acceptors (Lipinski definition) is 5. The zero-order valence-electron chi connectivity index (χ0n) is 15.8. The van der Waals surface area contributed by atoms with Gasteiger partial charge in [-0.3, -0.25) is 4.79 Å². The average molecular weight is 417 g/mol. The molecule has 5 nitrogen and oxygen atoms in total. The summed E-state index contributed by atoms with van der Waals surface area (Å²) in [7, 11) is 3.06. The summed E-state index contributed by atoms with van der Waals surface area (Å²) in [5.74, 6) is 1.10. The fraction of sp³-hybridized carbons (Fsp3) is 0.333. The van der Waals surface area contributed by atoms with Crippen LogP contribution in [0.2, 0.25) is 5.02 Å². The monoisotopic (exact) mass is 416 g/mol. The molecule has 4 rings (SSSR count). The third kappa shape index (κ3) is 3.54. The van der Waals surface area contributed by atoms with Crippen LogP contribution in [0.1, 0.15) is 34.1 Å². The Balaban J connectivity index is 1.57. The molecule has 1 amide bonds. The first kappa shape index (κ1) is 19.0. The minimum atomic E-state index is -0.0475. The molecule has 146 valence electrons. The summed E-state index contributed by atoms with van der Waals surface area (Å²) >= 11 is 8.00. The Hall–Kier alpha value is -2.31. The third-order valence-corrected chi connectivity index (χ3v) is 6.53. The Labute approximate surface area is 172 Å². The molecule has 7 heteroatoms. The molecule has 0 spiro atoms. The average Bonchev–Trinajstić information content (AvgIpc) is 3.17. The van der Waals surface area contributed by atoms with Crippen molar-refractivity contribution in [2.24, 2.45) is 0 Å². The lowest BCUT2D eigenvalue weighted by Crippen LogP contribution is -2.39. The molecule has 3 aromatic rings. The first-order valence-electron chi connectivity index (χ1n) is 9.17. The van der Waals surface area contributed by atoms with Crippen molar-refractivity contribution in [1.29, 1.82) is 0 Å².